The third kappa shape index (κ3) is 4.64. The van der Waals surface area contributed by atoms with E-state index in [2.05, 4.69) is 10.3 Å². The first kappa shape index (κ1) is 18.9. The minimum atomic E-state index is -0.535. The van der Waals surface area contributed by atoms with Crippen LogP contribution in [0.3, 0.4) is 0 Å². The fourth-order valence-corrected chi connectivity index (χ4v) is 3.38. The van der Waals surface area contributed by atoms with Gasteiger partial charge in [-0.15, -0.1) is 0 Å². The van der Waals surface area contributed by atoms with Crippen LogP contribution in [0.4, 0.5) is 0 Å². The number of likely N-dealkylation sites (tertiary alicyclic amines) is 1. The standard InChI is InChI=1S/C19H24N4O4/c24-16(20-10-8-17(25)22-11-4-1-5-12-22)9-13-23-15-7-3-2-6-14(15)18(26)21-19(23)27/h2-3,6-7H,1,4-5,8-13H2,(H,20,24)(H,21,26,27). The highest BCUT2D eigenvalue weighted by Crippen LogP contribution is 2.09. The smallest absolute Gasteiger partial charge is 0.328 e. The molecule has 1 aromatic heterocycles. The summed E-state index contributed by atoms with van der Waals surface area (Å²) in [6.07, 6.45) is 3.63. The third-order valence-electron chi connectivity index (χ3n) is 4.84. The van der Waals surface area contributed by atoms with E-state index in [1.807, 2.05) is 4.90 Å². The Morgan fingerprint density at radius 3 is 2.56 bits per heavy atom. The van der Waals surface area contributed by atoms with E-state index in [9.17, 15) is 19.2 Å². The van der Waals surface area contributed by atoms with Gasteiger partial charge >= 0.3 is 5.69 Å². The van der Waals surface area contributed by atoms with Crippen molar-refractivity contribution in [2.45, 2.75) is 38.6 Å². The first-order valence-corrected chi connectivity index (χ1v) is 9.32. The molecule has 0 spiro atoms. The van der Waals surface area contributed by atoms with E-state index < -0.39 is 11.2 Å². The van der Waals surface area contributed by atoms with Gasteiger partial charge in [-0.05, 0) is 31.4 Å². The van der Waals surface area contributed by atoms with Gasteiger partial charge in [-0.3, -0.25) is 23.9 Å². The molecular weight excluding hydrogens is 348 g/mol. The SMILES string of the molecule is O=C(CCn1c(=O)[nH]c(=O)c2ccccc21)NCCC(=O)N1CCCCC1. The van der Waals surface area contributed by atoms with Crippen molar-refractivity contribution < 1.29 is 9.59 Å². The Hall–Kier alpha value is -2.90. The van der Waals surface area contributed by atoms with Gasteiger partial charge < -0.3 is 10.2 Å². The van der Waals surface area contributed by atoms with Crippen LogP contribution in [0.25, 0.3) is 10.9 Å². The van der Waals surface area contributed by atoms with Gasteiger partial charge in [-0.2, -0.15) is 0 Å². The molecule has 3 rings (SSSR count). The number of rotatable bonds is 6. The van der Waals surface area contributed by atoms with Gasteiger partial charge in [0.25, 0.3) is 5.56 Å². The third-order valence-corrected chi connectivity index (χ3v) is 4.84. The first-order valence-electron chi connectivity index (χ1n) is 9.32. The van der Waals surface area contributed by atoms with Gasteiger partial charge in [-0.25, -0.2) is 4.79 Å². The normalized spacial score (nSPS) is 14.3. The summed E-state index contributed by atoms with van der Waals surface area (Å²) in [5, 5.41) is 3.14. The van der Waals surface area contributed by atoms with Crippen molar-refractivity contribution in [1.82, 2.24) is 19.8 Å². The van der Waals surface area contributed by atoms with Gasteiger partial charge in [0.1, 0.15) is 0 Å². The van der Waals surface area contributed by atoms with E-state index in [0.717, 1.165) is 25.9 Å². The van der Waals surface area contributed by atoms with Gasteiger partial charge in [0, 0.05) is 39.0 Å². The molecule has 2 heterocycles. The monoisotopic (exact) mass is 372 g/mol. The molecular formula is C19H24N4O4. The summed E-state index contributed by atoms with van der Waals surface area (Å²) in [4.78, 5) is 52.2. The van der Waals surface area contributed by atoms with Crippen LogP contribution in [0.2, 0.25) is 0 Å². The van der Waals surface area contributed by atoms with Crippen LogP contribution in [-0.2, 0) is 16.1 Å². The molecule has 0 unspecified atom stereocenters. The van der Waals surface area contributed by atoms with E-state index in [-0.39, 0.29) is 37.7 Å². The summed E-state index contributed by atoms with van der Waals surface area (Å²) >= 11 is 0. The minimum Gasteiger partial charge on any atom is -0.356 e. The number of piperidine rings is 1. The number of amides is 2. The fraction of sp³-hybridized carbons (Fsp3) is 0.474. The lowest BCUT2D eigenvalue weighted by atomic mass is 10.1. The number of fused-ring (bicyclic) bond motifs is 1. The van der Waals surface area contributed by atoms with Gasteiger partial charge in [0.15, 0.2) is 0 Å². The molecule has 1 aliphatic rings. The summed E-state index contributed by atoms with van der Waals surface area (Å²) in [6.45, 7) is 2.04. The highest BCUT2D eigenvalue weighted by atomic mass is 16.2. The summed E-state index contributed by atoms with van der Waals surface area (Å²) < 4.78 is 1.38. The minimum absolute atomic E-state index is 0.0675. The zero-order chi connectivity index (χ0) is 19.2. The number of nitrogens with one attached hydrogen (secondary N) is 2. The van der Waals surface area contributed by atoms with Crippen molar-refractivity contribution in [3.05, 3.63) is 45.1 Å². The predicted octanol–water partition coefficient (Wildman–Crippen LogP) is 0.599. The quantitative estimate of drug-likeness (QED) is 0.775. The molecule has 1 aromatic carbocycles. The summed E-state index contributed by atoms with van der Waals surface area (Å²) in [5.41, 5.74) is -0.473. The number of hydrogen-bond acceptors (Lipinski definition) is 4. The van der Waals surface area contributed by atoms with Crippen LogP contribution in [-0.4, -0.2) is 45.9 Å². The van der Waals surface area contributed by atoms with E-state index in [0.29, 0.717) is 10.9 Å². The Morgan fingerprint density at radius 1 is 1.04 bits per heavy atom. The molecule has 8 nitrogen and oxygen atoms in total. The van der Waals surface area contributed by atoms with E-state index in [4.69, 9.17) is 0 Å². The van der Waals surface area contributed by atoms with Crippen molar-refractivity contribution >= 4 is 22.7 Å². The van der Waals surface area contributed by atoms with Gasteiger partial charge in [0.2, 0.25) is 11.8 Å². The summed E-state index contributed by atoms with van der Waals surface area (Å²) in [6, 6.07) is 6.78. The maximum Gasteiger partial charge on any atom is 0.328 e. The molecule has 2 aromatic rings. The van der Waals surface area contributed by atoms with Crippen molar-refractivity contribution in [3.63, 3.8) is 0 Å². The number of benzene rings is 1. The molecule has 2 N–H and O–H groups in total. The average molecular weight is 372 g/mol. The number of aryl methyl sites for hydroxylation is 1. The van der Waals surface area contributed by atoms with Gasteiger partial charge in [-0.1, -0.05) is 12.1 Å². The van der Waals surface area contributed by atoms with E-state index in [1.54, 1.807) is 24.3 Å². The molecule has 1 fully saturated rings. The molecule has 27 heavy (non-hydrogen) atoms. The van der Waals surface area contributed by atoms with Crippen LogP contribution < -0.4 is 16.6 Å². The second-order valence-corrected chi connectivity index (χ2v) is 6.72. The predicted molar refractivity (Wildman–Crippen MR) is 102 cm³/mol. The number of H-pyrrole nitrogens is 1. The van der Waals surface area contributed by atoms with Crippen LogP contribution in [0.15, 0.2) is 33.9 Å². The zero-order valence-corrected chi connectivity index (χ0v) is 15.2. The molecule has 0 saturated carbocycles. The fourth-order valence-electron chi connectivity index (χ4n) is 3.38. The number of hydrogen-bond donors (Lipinski definition) is 2. The Balaban J connectivity index is 1.52. The molecule has 2 amide bonds. The lowest BCUT2D eigenvalue weighted by Gasteiger charge is -2.26. The number of carbonyl (C=O) groups excluding carboxylic acids is 2. The number of aromatic nitrogens is 2. The number of nitrogens with zero attached hydrogens (tertiary/aromatic N) is 2. The molecule has 1 aliphatic heterocycles. The van der Waals surface area contributed by atoms with Crippen LogP contribution in [0.5, 0.6) is 0 Å². The van der Waals surface area contributed by atoms with Crippen molar-refractivity contribution in [2.24, 2.45) is 0 Å². The Bertz CT molecular complexity index is 941. The van der Waals surface area contributed by atoms with Crippen LogP contribution in [0, 0.1) is 0 Å². The topological polar surface area (TPSA) is 104 Å². The molecule has 0 radical (unpaired) electrons. The second-order valence-electron chi connectivity index (χ2n) is 6.72. The molecule has 0 bridgehead atoms. The second kappa shape index (κ2) is 8.66. The number of carbonyl (C=O) groups is 2. The number of para-hydroxylation sites is 1. The molecule has 1 saturated heterocycles. The molecule has 8 heteroatoms. The van der Waals surface area contributed by atoms with Gasteiger partial charge in [0.05, 0.1) is 10.9 Å². The average Bonchev–Trinajstić information content (AvgIpc) is 2.68. The first-order chi connectivity index (χ1) is 13.1. The Morgan fingerprint density at radius 2 is 1.78 bits per heavy atom. The zero-order valence-electron chi connectivity index (χ0n) is 15.2. The van der Waals surface area contributed by atoms with E-state index >= 15 is 0 Å². The lowest BCUT2D eigenvalue weighted by molar-refractivity contribution is -0.132. The van der Waals surface area contributed by atoms with Crippen LogP contribution in [0.1, 0.15) is 32.1 Å². The van der Waals surface area contributed by atoms with Crippen molar-refractivity contribution in [3.8, 4) is 0 Å². The molecule has 0 atom stereocenters. The van der Waals surface area contributed by atoms with E-state index in [1.165, 1.54) is 11.0 Å². The van der Waals surface area contributed by atoms with Crippen LogP contribution >= 0.6 is 0 Å². The highest BCUT2D eigenvalue weighted by Gasteiger charge is 2.16. The van der Waals surface area contributed by atoms with Crippen molar-refractivity contribution in [1.29, 1.82) is 0 Å². The highest BCUT2D eigenvalue weighted by molar-refractivity contribution is 5.80. The molecule has 144 valence electrons. The maximum atomic E-state index is 12.1. The maximum absolute atomic E-state index is 12.1. The Labute approximate surface area is 156 Å². The number of aromatic amines is 1. The summed E-state index contributed by atoms with van der Waals surface area (Å²) in [5.74, 6) is -0.165. The largest absolute Gasteiger partial charge is 0.356 e. The Kier molecular flexibility index (Phi) is 6.05. The van der Waals surface area contributed by atoms with Crippen molar-refractivity contribution in [2.75, 3.05) is 19.6 Å². The summed E-state index contributed by atoms with van der Waals surface area (Å²) in [7, 11) is 0. The molecule has 0 aliphatic carbocycles. The lowest BCUT2D eigenvalue weighted by Crippen LogP contribution is -2.38.